The molecule has 1 rings (SSSR count). The molecule has 0 aliphatic carbocycles. The number of aliphatic carboxylic acids is 1. The molecule has 0 bridgehead atoms. The van der Waals surface area contributed by atoms with Gasteiger partial charge in [0.2, 0.25) is 0 Å². The SMILES string of the molecule is O=C(O)C1(CCO)CCNCC1. The molecule has 4 heteroatoms. The summed E-state index contributed by atoms with van der Waals surface area (Å²) in [5.41, 5.74) is -0.667. The maximum absolute atomic E-state index is 10.9. The van der Waals surface area contributed by atoms with Gasteiger partial charge in [-0.2, -0.15) is 0 Å². The van der Waals surface area contributed by atoms with Crippen molar-refractivity contribution in [2.24, 2.45) is 5.41 Å². The Morgan fingerprint density at radius 2 is 2.00 bits per heavy atom. The van der Waals surface area contributed by atoms with E-state index in [1.54, 1.807) is 0 Å². The van der Waals surface area contributed by atoms with Crippen molar-refractivity contribution < 1.29 is 15.0 Å². The zero-order valence-electron chi connectivity index (χ0n) is 7.05. The lowest BCUT2D eigenvalue weighted by Crippen LogP contribution is -2.42. The number of aliphatic hydroxyl groups excluding tert-OH is 1. The smallest absolute Gasteiger partial charge is 0.309 e. The van der Waals surface area contributed by atoms with Crippen LogP contribution in [0.15, 0.2) is 0 Å². The molecule has 0 atom stereocenters. The number of hydrogen-bond acceptors (Lipinski definition) is 3. The van der Waals surface area contributed by atoms with Gasteiger partial charge in [0, 0.05) is 6.61 Å². The highest BCUT2D eigenvalue weighted by Gasteiger charge is 2.38. The van der Waals surface area contributed by atoms with E-state index >= 15 is 0 Å². The second-order valence-electron chi connectivity index (χ2n) is 3.31. The molecular weight excluding hydrogens is 158 g/mol. The maximum atomic E-state index is 10.9. The lowest BCUT2D eigenvalue weighted by molar-refractivity contribution is -0.151. The molecule has 1 saturated heterocycles. The van der Waals surface area contributed by atoms with Crippen molar-refractivity contribution in [1.82, 2.24) is 5.32 Å². The fourth-order valence-electron chi connectivity index (χ4n) is 1.69. The highest BCUT2D eigenvalue weighted by molar-refractivity contribution is 5.74. The van der Waals surface area contributed by atoms with Gasteiger partial charge in [-0.3, -0.25) is 4.79 Å². The molecule has 0 aromatic heterocycles. The Kier molecular flexibility index (Phi) is 3.05. The van der Waals surface area contributed by atoms with Crippen LogP contribution in [0.2, 0.25) is 0 Å². The molecule has 0 radical (unpaired) electrons. The molecule has 3 N–H and O–H groups in total. The Morgan fingerprint density at radius 1 is 1.42 bits per heavy atom. The third kappa shape index (κ3) is 1.76. The van der Waals surface area contributed by atoms with Gasteiger partial charge in [-0.1, -0.05) is 0 Å². The number of carboxylic acids is 1. The average molecular weight is 173 g/mol. The third-order valence-electron chi connectivity index (χ3n) is 2.60. The molecule has 0 aromatic rings. The summed E-state index contributed by atoms with van der Waals surface area (Å²) in [5, 5.41) is 20.8. The highest BCUT2D eigenvalue weighted by atomic mass is 16.4. The van der Waals surface area contributed by atoms with Crippen LogP contribution in [0.4, 0.5) is 0 Å². The molecule has 0 aromatic carbocycles. The van der Waals surface area contributed by atoms with Gasteiger partial charge in [-0.05, 0) is 32.4 Å². The van der Waals surface area contributed by atoms with Crippen LogP contribution in [-0.4, -0.2) is 35.9 Å². The van der Waals surface area contributed by atoms with E-state index in [1.165, 1.54) is 0 Å². The molecule has 4 nitrogen and oxygen atoms in total. The van der Waals surface area contributed by atoms with Crippen LogP contribution in [-0.2, 0) is 4.79 Å². The first-order chi connectivity index (χ1) is 5.71. The Hall–Kier alpha value is -0.610. The molecule has 1 fully saturated rings. The van der Waals surface area contributed by atoms with Crippen LogP contribution in [0.5, 0.6) is 0 Å². The summed E-state index contributed by atoms with van der Waals surface area (Å²) in [5.74, 6) is -0.766. The molecule has 0 amide bonds. The monoisotopic (exact) mass is 173 g/mol. The first-order valence-corrected chi connectivity index (χ1v) is 4.26. The molecule has 0 spiro atoms. The normalized spacial score (nSPS) is 22.1. The Balaban J connectivity index is 2.63. The van der Waals surface area contributed by atoms with Crippen LogP contribution >= 0.6 is 0 Å². The molecule has 70 valence electrons. The summed E-state index contributed by atoms with van der Waals surface area (Å²) in [4.78, 5) is 10.9. The zero-order chi connectivity index (χ0) is 9.03. The summed E-state index contributed by atoms with van der Waals surface area (Å²) < 4.78 is 0. The van der Waals surface area contributed by atoms with Gasteiger partial charge < -0.3 is 15.5 Å². The Bertz CT molecular complexity index is 158. The predicted molar refractivity (Wildman–Crippen MR) is 43.9 cm³/mol. The number of piperidine rings is 1. The van der Waals surface area contributed by atoms with E-state index in [2.05, 4.69) is 5.32 Å². The van der Waals surface area contributed by atoms with Crippen LogP contribution in [0.3, 0.4) is 0 Å². The molecular formula is C8H15NO3. The van der Waals surface area contributed by atoms with E-state index < -0.39 is 11.4 Å². The number of carboxylic acid groups (broad SMARTS) is 1. The Labute approximate surface area is 71.6 Å². The fraction of sp³-hybridized carbons (Fsp3) is 0.875. The fourth-order valence-corrected chi connectivity index (χ4v) is 1.69. The lowest BCUT2D eigenvalue weighted by Gasteiger charge is -2.32. The van der Waals surface area contributed by atoms with Gasteiger partial charge in [0.15, 0.2) is 0 Å². The minimum atomic E-state index is -0.766. The van der Waals surface area contributed by atoms with Gasteiger partial charge in [0.1, 0.15) is 0 Å². The van der Waals surface area contributed by atoms with E-state index in [4.69, 9.17) is 10.2 Å². The molecule has 1 heterocycles. The average Bonchev–Trinajstić information content (AvgIpc) is 2.06. The minimum Gasteiger partial charge on any atom is -0.481 e. The largest absolute Gasteiger partial charge is 0.481 e. The quantitative estimate of drug-likeness (QED) is 0.554. The molecule has 1 aliphatic heterocycles. The van der Waals surface area contributed by atoms with E-state index in [0.717, 1.165) is 13.1 Å². The van der Waals surface area contributed by atoms with E-state index in [0.29, 0.717) is 19.3 Å². The first-order valence-electron chi connectivity index (χ1n) is 4.26. The highest BCUT2D eigenvalue weighted by Crippen LogP contribution is 2.32. The first kappa shape index (κ1) is 9.48. The summed E-state index contributed by atoms with van der Waals surface area (Å²) >= 11 is 0. The number of rotatable bonds is 3. The van der Waals surface area contributed by atoms with Crippen molar-refractivity contribution >= 4 is 5.97 Å². The number of aliphatic hydroxyl groups is 1. The van der Waals surface area contributed by atoms with Crippen LogP contribution in [0.1, 0.15) is 19.3 Å². The molecule has 12 heavy (non-hydrogen) atoms. The number of hydrogen-bond donors (Lipinski definition) is 3. The minimum absolute atomic E-state index is 0.0354. The summed E-state index contributed by atoms with van der Waals surface area (Å²) in [7, 11) is 0. The topological polar surface area (TPSA) is 69.6 Å². The van der Waals surface area contributed by atoms with Gasteiger partial charge in [0.05, 0.1) is 5.41 Å². The predicted octanol–water partition coefficient (Wildman–Crippen LogP) is -0.177. The second-order valence-corrected chi connectivity index (χ2v) is 3.31. The van der Waals surface area contributed by atoms with Crippen LogP contribution in [0, 0.1) is 5.41 Å². The maximum Gasteiger partial charge on any atom is 0.309 e. The van der Waals surface area contributed by atoms with Crippen molar-refractivity contribution in [2.75, 3.05) is 19.7 Å². The van der Waals surface area contributed by atoms with E-state index in [9.17, 15) is 4.79 Å². The molecule has 0 unspecified atom stereocenters. The third-order valence-corrected chi connectivity index (χ3v) is 2.60. The van der Waals surface area contributed by atoms with Gasteiger partial charge >= 0.3 is 5.97 Å². The standard InChI is InChI=1S/C8H15NO3/c10-6-3-8(7(11)12)1-4-9-5-2-8/h9-10H,1-6H2,(H,11,12). The second kappa shape index (κ2) is 3.87. The lowest BCUT2D eigenvalue weighted by atomic mass is 9.76. The van der Waals surface area contributed by atoms with E-state index in [-0.39, 0.29) is 6.61 Å². The van der Waals surface area contributed by atoms with Crippen LogP contribution < -0.4 is 5.32 Å². The summed E-state index contributed by atoms with van der Waals surface area (Å²) in [6.45, 7) is 1.45. The van der Waals surface area contributed by atoms with Crippen molar-refractivity contribution in [1.29, 1.82) is 0 Å². The molecule has 0 saturated carbocycles. The van der Waals surface area contributed by atoms with Gasteiger partial charge in [-0.25, -0.2) is 0 Å². The number of carbonyl (C=O) groups is 1. The summed E-state index contributed by atoms with van der Waals surface area (Å²) in [6, 6.07) is 0. The van der Waals surface area contributed by atoms with Crippen molar-refractivity contribution in [2.45, 2.75) is 19.3 Å². The van der Waals surface area contributed by atoms with Gasteiger partial charge in [-0.15, -0.1) is 0 Å². The van der Waals surface area contributed by atoms with E-state index in [1.807, 2.05) is 0 Å². The number of nitrogens with one attached hydrogen (secondary N) is 1. The van der Waals surface area contributed by atoms with Crippen molar-refractivity contribution in [3.05, 3.63) is 0 Å². The Morgan fingerprint density at radius 3 is 2.42 bits per heavy atom. The van der Waals surface area contributed by atoms with Crippen molar-refractivity contribution in [3.63, 3.8) is 0 Å². The zero-order valence-corrected chi connectivity index (χ0v) is 7.05. The van der Waals surface area contributed by atoms with Crippen LogP contribution in [0.25, 0.3) is 0 Å². The summed E-state index contributed by atoms with van der Waals surface area (Å²) in [6.07, 6.45) is 1.63. The van der Waals surface area contributed by atoms with Gasteiger partial charge in [0.25, 0.3) is 0 Å². The molecule has 1 aliphatic rings. The van der Waals surface area contributed by atoms with Crippen molar-refractivity contribution in [3.8, 4) is 0 Å².